The third-order valence-corrected chi connectivity index (χ3v) is 8.22. The zero-order valence-corrected chi connectivity index (χ0v) is 18.1. The highest BCUT2D eigenvalue weighted by atomic mass is 16.3. The zero-order chi connectivity index (χ0) is 21.1. The third-order valence-electron chi connectivity index (χ3n) is 8.22. The molecule has 2 N–H and O–H groups in total. The number of nitrogens with zero attached hydrogens (tertiary/aromatic N) is 3. The van der Waals surface area contributed by atoms with E-state index in [1.54, 1.807) is 0 Å². The number of aliphatic hydroxyl groups is 1. The summed E-state index contributed by atoms with van der Waals surface area (Å²) < 4.78 is 2.25. The van der Waals surface area contributed by atoms with E-state index < -0.39 is 5.60 Å². The molecule has 0 spiro atoms. The molecular formula is C25H32N4O2. The molecule has 6 nitrogen and oxygen atoms in total. The zero-order valence-electron chi connectivity index (χ0n) is 18.1. The van der Waals surface area contributed by atoms with Crippen LogP contribution in [0.1, 0.15) is 70.0 Å². The molecule has 6 heteroatoms. The van der Waals surface area contributed by atoms with Gasteiger partial charge in [-0.1, -0.05) is 6.42 Å². The molecule has 0 saturated heterocycles. The number of hydrogen-bond acceptors (Lipinski definition) is 4. The lowest BCUT2D eigenvalue weighted by atomic mass is 9.47. The summed E-state index contributed by atoms with van der Waals surface area (Å²) in [7, 11) is 0. The van der Waals surface area contributed by atoms with Crippen LogP contribution in [0.5, 0.6) is 0 Å². The van der Waals surface area contributed by atoms with Gasteiger partial charge in [0.2, 0.25) is 5.91 Å². The van der Waals surface area contributed by atoms with E-state index in [-0.39, 0.29) is 11.3 Å². The average molecular weight is 421 g/mol. The standard InChI is InChI=1S/C25H32N4O2/c30-22(15-24-11-17-10-18(12-24)14-25(31,13-17)16-24)26-20-7-5-19(6-8-20)23-28-27-21-4-2-1-3-9-29(21)23/h5-8,17-18,31H,1-4,9-16H2,(H,26,30)/t17-,18+,24?,25?. The minimum atomic E-state index is -0.512. The highest BCUT2D eigenvalue weighted by Crippen LogP contribution is 2.62. The largest absolute Gasteiger partial charge is 0.390 e. The molecule has 164 valence electrons. The Balaban J connectivity index is 1.14. The molecule has 1 aliphatic heterocycles. The quantitative estimate of drug-likeness (QED) is 0.771. The van der Waals surface area contributed by atoms with Gasteiger partial charge in [-0.3, -0.25) is 4.79 Å². The van der Waals surface area contributed by atoms with Gasteiger partial charge in [0, 0.05) is 30.6 Å². The first kappa shape index (κ1) is 19.5. The summed E-state index contributed by atoms with van der Waals surface area (Å²) in [5.74, 6) is 3.31. The predicted molar refractivity (Wildman–Crippen MR) is 118 cm³/mol. The Morgan fingerprint density at radius 2 is 1.84 bits per heavy atom. The monoisotopic (exact) mass is 420 g/mol. The Morgan fingerprint density at radius 1 is 1.06 bits per heavy atom. The number of carbonyl (C=O) groups excluding carboxylic acids is 1. The van der Waals surface area contributed by atoms with E-state index in [0.29, 0.717) is 18.3 Å². The number of rotatable bonds is 4. The van der Waals surface area contributed by atoms with Crippen molar-refractivity contribution in [2.45, 2.75) is 82.8 Å². The fraction of sp³-hybridized carbons (Fsp3) is 0.640. The van der Waals surface area contributed by atoms with Crippen LogP contribution in [0.2, 0.25) is 0 Å². The molecule has 5 aliphatic rings. The molecule has 4 saturated carbocycles. The number of nitrogens with one attached hydrogen (secondary N) is 1. The van der Waals surface area contributed by atoms with E-state index in [2.05, 4.69) is 20.1 Å². The van der Waals surface area contributed by atoms with Gasteiger partial charge in [0.05, 0.1) is 5.60 Å². The molecule has 1 aromatic carbocycles. The lowest BCUT2D eigenvalue weighted by Crippen LogP contribution is -2.56. The SMILES string of the molecule is O=C(CC12C[C@@H]3C[C@@H](CC(O)(C3)C1)C2)Nc1ccc(-c2nnc3n2CCCCC3)cc1. The van der Waals surface area contributed by atoms with Crippen LogP contribution >= 0.6 is 0 Å². The Morgan fingerprint density at radius 3 is 2.58 bits per heavy atom. The number of aromatic nitrogens is 3. The number of fused-ring (bicyclic) bond motifs is 1. The van der Waals surface area contributed by atoms with Gasteiger partial charge < -0.3 is 15.0 Å². The first-order valence-corrected chi connectivity index (χ1v) is 12.0. The minimum absolute atomic E-state index is 0.00193. The van der Waals surface area contributed by atoms with Gasteiger partial charge in [-0.05, 0) is 92.9 Å². The number of carbonyl (C=O) groups is 1. The average Bonchev–Trinajstić information content (AvgIpc) is 2.94. The Hall–Kier alpha value is -2.21. The lowest BCUT2D eigenvalue weighted by Gasteiger charge is -2.60. The summed E-state index contributed by atoms with van der Waals surface area (Å²) in [6, 6.07) is 8.01. The second kappa shape index (κ2) is 7.16. The lowest BCUT2D eigenvalue weighted by molar-refractivity contribution is -0.167. The van der Waals surface area contributed by atoms with Gasteiger partial charge in [-0.25, -0.2) is 0 Å². The van der Waals surface area contributed by atoms with Gasteiger partial charge >= 0.3 is 0 Å². The van der Waals surface area contributed by atoms with Crippen molar-refractivity contribution < 1.29 is 9.90 Å². The maximum absolute atomic E-state index is 12.9. The molecular weight excluding hydrogens is 388 g/mol. The Kier molecular flexibility index (Phi) is 4.50. The van der Waals surface area contributed by atoms with Crippen LogP contribution in [0, 0.1) is 17.3 Å². The third kappa shape index (κ3) is 3.59. The molecule has 1 amide bonds. The van der Waals surface area contributed by atoms with Crippen molar-refractivity contribution in [1.82, 2.24) is 14.8 Å². The van der Waals surface area contributed by atoms with Gasteiger partial charge in [0.25, 0.3) is 0 Å². The maximum atomic E-state index is 12.9. The van der Waals surface area contributed by atoms with Crippen molar-refractivity contribution in [3.63, 3.8) is 0 Å². The van der Waals surface area contributed by atoms with Crippen LogP contribution < -0.4 is 5.32 Å². The van der Waals surface area contributed by atoms with Crippen molar-refractivity contribution in [2.24, 2.45) is 17.3 Å². The first-order valence-electron chi connectivity index (χ1n) is 12.0. The molecule has 4 atom stereocenters. The maximum Gasteiger partial charge on any atom is 0.224 e. The van der Waals surface area contributed by atoms with Gasteiger partial charge in [-0.2, -0.15) is 0 Å². The second-order valence-corrected chi connectivity index (χ2v) is 10.9. The van der Waals surface area contributed by atoms with Crippen molar-refractivity contribution in [1.29, 1.82) is 0 Å². The fourth-order valence-electron chi connectivity index (χ4n) is 7.56. The second-order valence-electron chi connectivity index (χ2n) is 10.9. The number of benzene rings is 1. The van der Waals surface area contributed by atoms with E-state index in [1.165, 1.54) is 25.7 Å². The van der Waals surface area contributed by atoms with Crippen molar-refractivity contribution >= 4 is 11.6 Å². The van der Waals surface area contributed by atoms with Crippen molar-refractivity contribution in [3.05, 3.63) is 30.1 Å². The summed E-state index contributed by atoms with van der Waals surface area (Å²) in [4.78, 5) is 12.9. The summed E-state index contributed by atoms with van der Waals surface area (Å²) in [5.41, 5.74) is 1.36. The molecule has 4 aliphatic carbocycles. The van der Waals surface area contributed by atoms with Crippen LogP contribution in [0.15, 0.2) is 24.3 Å². The van der Waals surface area contributed by atoms with Crippen molar-refractivity contribution in [3.8, 4) is 11.4 Å². The van der Waals surface area contributed by atoms with E-state index in [9.17, 15) is 9.90 Å². The van der Waals surface area contributed by atoms with Gasteiger partial charge in [-0.15, -0.1) is 10.2 Å². The van der Waals surface area contributed by atoms with E-state index >= 15 is 0 Å². The molecule has 31 heavy (non-hydrogen) atoms. The molecule has 4 fully saturated rings. The molecule has 2 heterocycles. The Labute approximate surface area is 183 Å². The number of hydrogen-bond donors (Lipinski definition) is 2. The van der Waals surface area contributed by atoms with Crippen LogP contribution in [0.25, 0.3) is 11.4 Å². The van der Waals surface area contributed by atoms with Gasteiger partial charge in [0.1, 0.15) is 5.82 Å². The molecule has 0 radical (unpaired) electrons. The van der Waals surface area contributed by atoms with E-state index in [4.69, 9.17) is 0 Å². The molecule has 4 bridgehead atoms. The topological polar surface area (TPSA) is 80.0 Å². The normalized spacial score (nSPS) is 33.7. The Bertz CT molecular complexity index is 981. The molecule has 7 rings (SSSR count). The molecule has 1 aromatic heterocycles. The van der Waals surface area contributed by atoms with E-state index in [1.807, 2.05) is 24.3 Å². The number of amides is 1. The smallest absolute Gasteiger partial charge is 0.224 e. The highest BCUT2D eigenvalue weighted by molar-refractivity contribution is 5.91. The summed E-state index contributed by atoms with van der Waals surface area (Å²) in [6.45, 7) is 0.979. The summed E-state index contributed by atoms with van der Waals surface area (Å²) in [5, 5.41) is 22.9. The number of anilines is 1. The minimum Gasteiger partial charge on any atom is -0.390 e. The molecule has 2 unspecified atom stereocenters. The molecule has 2 aromatic rings. The van der Waals surface area contributed by atoms with Crippen LogP contribution in [-0.2, 0) is 17.8 Å². The highest BCUT2D eigenvalue weighted by Gasteiger charge is 2.57. The number of aryl methyl sites for hydroxylation is 1. The fourth-order valence-corrected chi connectivity index (χ4v) is 7.56. The van der Waals surface area contributed by atoms with Crippen LogP contribution in [0.4, 0.5) is 5.69 Å². The van der Waals surface area contributed by atoms with Crippen molar-refractivity contribution in [2.75, 3.05) is 5.32 Å². The summed E-state index contributed by atoms with van der Waals surface area (Å²) in [6.07, 6.45) is 11.3. The van der Waals surface area contributed by atoms with E-state index in [0.717, 1.165) is 68.0 Å². The van der Waals surface area contributed by atoms with Crippen LogP contribution in [0.3, 0.4) is 0 Å². The van der Waals surface area contributed by atoms with Gasteiger partial charge in [0.15, 0.2) is 5.82 Å². The van der Waals surface area contributed by atoms with Crippen LogP contribution in [-0.4, -0.2) is 31.4 Å². The predicted octanol–water partition coefficient (Wildman–Crippen LogP) is 4.33. The first-order chi connectivity index (χ1) is 15.0. The summed E-state index contributed by atoms with van der Waals surface area (Å²) >= 11 is 0.